The minimum atomic E-state index is -1.66. The number of unbranched alkanes of at least 4 members (excludes halogenated alkanes) is 2. The number of aromatic nitrogens is 2. The second-order valence-electron chi connectivity index (χ2n) is 17.8. The first-order chi connectivity index (χ1) is 34.6. The third-order valence-corrected chi connectivity index (χ3v) is 11.7. The number of carbonyl (C=O) groups is 9. The molecule has 73 heavy (non-hydrogen) atoms. The highest BCUT2D eigenvalue weighted by molar-refractivity contribution is 5.99. The number of nitrogens with one attached hydrogen (secondary N) is 8. The van der Waals surface area contributed by atoms with Crippen LogP contribution in [0.15, 0.2) is 29.3 Å². The van der Waals surface area contributed by atoms with Crippen molar-refractivity contribution in [2.75, 3.05) is 45.8 Å². The summed E-state index contributed by atoms with van der Waals surface area (Å²) in [6, 6.07) is -7.64. The molecule has 0 aliphatic carbocycles. The van der Waals surface area contributed by atoms with Crippen LogP contribution >= 0.6 is 0 Å². The van der Waals surface area contributed by atoms with E-state index in [0.717, 1.165) is 0 Å². The van der Waals surface area contributed by atoms with E-state index in [1.807, 2.05) is 0 Å². The number of nitrogens with zero attached hydrogens (tertiary/aromatic N) is 3. The third-order valence-electron chi connectivity index (χ3n) is 11.7. The SMILES string of the molecule is C[C@H](NC(=O)[C@@H](NC(=O)[C@@H](N)CCCCN)[C@@H](O)CN)C(=O)NCC(=O)N[C@](C)(CCCN)C(=O)N1CCC[C@H]1C(=O)N[C@@H](Cc1cnc[nH]1)C(=O)N[C@@H](CCCCN)C(=O)N/C(=C\CCN=C(N)N)C(=O)O. The predicted octanol–water partition coefficient (Wildman–Crippen LogP) is -6.71. The first-order valence-corrected chi connectivity index (χ1v) is 24.2. The molecule has 8 amide bonds. The quantitative estimate of drug-likeness (QED) is 0.0132. The summed E-state index contributed by atoms with van der Waals surface area (Å²) < 4.78 is 0. The average molecular weight is 1040 g/mol. The molecule has 1 fully saturated rings. The van der Waals surface area contributed by atoms with Crippen molar-refractivity contribution in [1.82, 2.24) is 52.1 Å². The lowest BCUT2D eigenvalue weighted by Gasteiger charge is -2.36. The number of aliphatic carboxylic acids is 1. The van der Waals surface area contributed by atoms with E-state index < -0.39 is 120 Å². The lowest BCUT2D eigenvalue weighted by molar-refractivity contribution is -0.146. The van der Waals surface area contributed by atoms with Crippen LogP contribution in [0.3, 0.4) is 0 Å². The molecule has 0 spiro atoms. The first-order valence-electron chi connectivity index (χ1n) is 24.2. The van der Waals surface area contributed by atoms with Crippen LogP contribution in [0.1, 0.15) is 90.2 Å². The zero-order chi connectivity index (χ0) is 54.7. The maximum absolute atomic E-state index is 14.5. The molecule has 0 unspecified atom stereocenters. The van der Waals surface area contributed by atoms with Gasteiger partial charge in [-0.3, -0.25) is 43.3 Å². The van der Waals surface area contributed by atoms with Gasteiger partial charge in [0, 0.05) is 37.9 Å². The summed E-state index contributed by atoms with van der Waals surface area (Å²) >= 11 is 0. The Hall–Kier alpha value is -6.79. The zero-order valence-corrected chi connectivity index (χ0v) is 41.7. The van der Waals surface area contributed by atoms with E-state index in [0.29, 0.717) is 44.3 Å². The van der Waals surface area contributed by atoms with E-state index >= 15 is 0 Å². The van der Waals surface area contributed by atoms with Gasteiger partial charge in [0.2, 0.25) is 47.3 Å². The molecule has 0 aromatic carbocycles. The summed E-state index contributed by atoms with van der Waals surface area (Å²) in [5, 5.41) is 37.7. The van der Waals surface area contributed by atoms with Crippen molar-refractivity contribution in [3.05, 3.63) is 30.0 Å². The molecular formula is C44H78N18O11. The molecule has 8 atom stereocenters. The number of rotatable bonds is 34. The highest BCUT2D eigenvalue weighted by Crippen LogP contribution is 2.25. The van der Waals surface area contributed by atoms with Crippen molar-refractivity contribution < 1.29 is 53.4 Å². The maximum atomic E-state index is 14.5. The maximum Gasteiger partial charge on any atom is 0.352 e. The molecule has 410 valence electrons. The summed E-state index contributed by atoms with van der Waals surface area (Å²) in [7, 11) is 0. The molecule has 1 aliphatic rings. The number of aliphatic hydroxyl groups excluding tert-OH is 1. The van der Waals surface area contributed by atoms with E-state index in [2.05, 4.69) is 52.2 Å². The van der Waals surface area contributed by atoms with Gasteiger partial charge in [0.05, 0.1) is 25.0 Å². The zero-order valence-electron chi connectivity index (χ0n) is 41.7. The second-order valence-corrected chi connectivity index (χ2v) is 17.8. The number of H-pyrrole nitrogens is 1. The summed E-state index contributed by atoms with van der Waals surface area (Å²) in [4.78, 5) is 133. The highest BCUT2D eigenvalue weighted by atomic mass is 16.4. The number of carboxylic acid groups (broad SMARTS) is 1. The normalized spacial score (nSPS) is 16.7. The van der Waals surface area contributed by atoms with Gasteiger partial charge in [0.15, 0.2) is 5.96 Å². The summed E-state index contributed by atoms with van der Waals surface area (Å²) in [6.07, 6.45) is 5.50. The molecule has 1 aliphatic heterocycles. The minimum Gasteiger partial charge on any atom is -0.477 e. The number of nitrogens with two attached hydrogens (primary N) is 7. The molecule has 2 rings (SSSR count). The van der Waals surface area contributed by atoms with Gasteiger partial charge >= 0.3 is 5.97 Å². The number of aliphatic imine (C=N–C) groups is 1. The summed E-state index contributed by atoms with van der Waals surface area (Å²) in [6.45, 7) is 2.58. The van der Waals surface area contributed by atoms with Crippen molar-refractivity contribution in [1.29, 1.82) is 0 Å². The first kappa shape index (κ1) is 62.3. The van der Waals surface area contributed by atoms with Crippen LogP contribution in [0.2, 0.25) is 0 Å². The average Bonchev–Trinajstić information content (AvgIpc) is 4.07. The van der Waals surface area contributed by atoms with Crippen LogP contribution in [0.4, 0.5) is 0 Å². The van der Waals surface area contributed by atoms with Crippen LogP contribution in [0.25, 0.3) is 0 Å². The van der Waals surface area contributed by atoms with Crippen molar-refractivity contribution in [3.8, 4) is 0 Å². The van der Waals surface area contributed by atoms with Crippen LogP contribution in [-0.2, 0) is 49.6 Å². The molecule has 0 radical (unpaired) electrons. The van der Waals surface area contributed by atoms with E-state index in [-0.39, 0.29) is 77.1 Å². The fourth-order valence-electron chi connectivity index (χ4n) is 7.63. The standard InChI is InChI=1S/C44H78N18O11/c1-25(56-40(70)34(32(63)21-48)60-36(66)27(49)10-3-5-15-45)35(65)54-23-33(64)61-44(2,14-9-17-47)42(73)62-19-8-13-31(62)39(69)59-30(20-26-22-52-24-55-26)38(68)57-28(11-4-6-16-46)37(67)58-29(41(71)72)12-7-18-53-43(50)51/h12,22,24-25,27-28,30-32,34,63H,3-11,13-21,23,45-49H2,1-2H3,(H,52,55)(H,54,65)(H,56,70)(H,57,68)(H,58,67)(H,59,69)(H,60,66)(H,61,64)(H,71,72)(H4,50,51,53)/b29-12-/t25-,27-,28-,30-,31-,32-,34-,44+/m0/s1. The van der Waals surface area contributed by atoms with Crippen LogP contribution in [-0.4, -0.2) is 178 Å². The van der Waals surface area contributed by atoms with Gasteiger partial charge in [-0.2, -0.15) is 0 Å². The van der Waals surface area contributed by atoms with Gasteiger partial charge in [-0.05, 0) is 97.7 Å². The molecule has 29 nitrogen and oxygen atoms in total. The van der Waals surface area contributed by atoms with Gasteiger partial charge in [0.25, 0.3) is 0 Å². The Morgan fingerprint density at radius 2 is 1.55 bits per heavy atom. The summed E-state index contributed by atoms with van der Waals surface area (Å²) in [5.74, 6) is -8.05. The van der Waals surface area contributed by atoms with Crippen LogP contribution in [0.5, 0.6) is 0 Å². The number of hydrogen-bond donors (Lipinski definition) is 17. The van der Waals surface area contributed by atoms with E-state index in [1.165, 1.54) is 37.3 Å². The second kappa shape index (κ2) is 32.3. The van der Waals surface area contributed by atoms with Gasteiger partial charge in [-0.25, -0.2) is 9.78 Å². The Bertz CT molecular complexity index is 2050. The Morgan fingerprint density at radius 3 is 2.15 bits per heavy atom. The van der Waals surface area contributed by atoms with Crippen LogP contribution < -0.4 is 77.4 Å². The molecule has 29 heteroatoms. The largest absolute Gasteiger partial charge is 0.477 e. The highest BCUT2D eigenvalue weighted by Gasteiger charge is 2.44. The van der Waals surface area contributed by atoms with Crippen molar-refractivity contribution in [3.63, 3.8) is 0 Å². The molecule has 0 bridgehead atoms. The molecule has 1 aromatic heterocycles. The number of hydrogen-bond acceptors (Lipinski definition) is 17. The summed E-state index contributed by atoms with van der Waals surface area (Å²) in [5.41, 5.74) is 37.4. The number of carbonyl (C=O) groups excluding carboxylic acids is 8. The number of imidazole rings is 1. The van der Waals surface area contributed by atoms with E-state index in [1.54, 1.807) is 0 Å². The number of likely N-dealkylation sites (tertiary alicyclic amines) is 1. The minimum absolute atomic E-state index is 0.0140. The molecule has 2 heterocycles. The molecule has 24 N–H and O–H groups in total. The topological polar surface area (TPSA) is 505 Å². The number of aliphatic hydroxyl groups is 1. The molecule has 0 saturated carbocycles. The van der Waals surface area contributed by atoms with E-state index in [4.69, 9.17) is 40.1 Å². The number of carboxylic acids is 1. The van der Waals surface area contributed by atoms with Gasteiger partial charge < -0.3 is 97.5 Å². The lowest BCUT2D eigenvalue weighted by atomic mass is 9.93. The monoisotopic (exact) mass is 1030 g/mol. The Labute approximate surface area is 423 Å². The fraction of sp³-hybridized carbons (Fsp3) is 0.659. The van der Waals surface area contributed by atoms with Gasteiger partial charge in [0.1, 0.15) is 41.4 Å². The smallest absolute Gasteiger partial charge is 0.352 e. The molecule has 1 saturated heterocycles. The van der Waals surface area contributed by atoms with Crippen LogP contribution in [0, 0.1) is 0 Å². The Balaban J connectivity index is 2.24. The van der Waals surface area contributed by atoms with E-state index in [9.17, 15) is 53.4 Å². The fourth-order valence-corrected chi connectivity index (χ4v) is 7.63. The predicted molar refractivity (Wildman–Crippen MR) is 266 cm³/mol. The Morgan fingerprint density at radius 1 is 0.877 bits per heavy atom. The van der Waals surface area contributed by atoms with Crippen molar-refractivity contribution in [2.24, 2.45) is 45.1 Å². The molecular weight excluding hydrogens is 957 g/mol. The number of aromatic amines is 1. The number of guanidine groups is 1. The van der Waals surface area contributed by atoms with Crippen molar-refractivity contribution >= 4 is 59.2 Å². The van der Waals surface area contributed by atoms with Gasteiger partial charge in [-0.1, -0.05) is 12.5 Å². The third kappa shape index (κ3) is 21.5. The lowest BCUT2D eigenvalue weighted by Crippen LogP contribution is -2.63. The Kier molecular flexibility index (Phi) is 27.6. The number of amides is 8. The van der Waals surface area contributed by atoms with Crippen molar-refractivity contribution in [2.45, 2.75) is 139 Å². The molecule has 1 aromatic rings. The van der Waals surface area contributed by atoms with Gasteiger partial charge in [-0.15, -0.1) is 0 Å².